The van der Waals surface area contributed by atoms with E-state index in [1.54, 1.807) is 6.20 Å². The number of anilines is 1. The summed E-state index contributed by atoms with van der Waals surface area (Å²) in [5, 5.41) is 18.1. The topological polar surface area (TPSA) is 79.8 Å². The van der Waals surface area contributed by atoms with Gasteiger partial charge in [-0.05, 0) is 11.5 Å². The molecule has 0 fully saturated rings. The van der Waals surface area contributed by atoms with E-state index in [0.717, 1.165) is 26.6 Å². The SMILES string of the molecule is CC(C)CNc1nnc(SCC(=O)NC(c2ccccc2)c2nccs2)s1. The smallest absolute Gasteiger partial charge is 0.231 e. The lowest BCUT2D eigenvalue weighted by atomic mass is 10.1. The summed E-state index contributed by atoms with van der Waals surface area (Å²) in [6.45, 7) is 5.13. The lowest BCUT2D eigenvalue weighted by molar-refractivity contribution is -0.119. The largest absolute Gasteiger partial charge is 0.360 e. The summed E-state index contributed by atoms with van der Waals surface area (Å²) in [6.07, 6.45) is 1.75. The average molecular weight is 420 g/mol. The fourth-order valence-electron chi connectivity index (χ4n) is 2.27. The van der Waals surface area contributed by atoms with E-state index in [4.69, 9.17) is 0 Å². The molecule has 3 aromatic rings. The molecule has 0 spiro atoms. The Bertz CT molecular complexity index is 836. The Balaban J connectivity index is 1.57. The van der Waals surface area contributed by atoms with Crippen molar-refractivity contribution in [2.75, 3.05) is 17.6 Å². The zero-order valence-corrected chi connectivity index (χ0v) is 17.5. The zero-order chi connectivity index (χ0) is 19.1. The van der Waals surface area contributed by atoms with Crippen molar-refractivity contribution >= 4 is 45.5 Å². The summed E-state index contributed by atoms with van der Waals surface area (Å²) >= 11 is 4.40. The molecule has 0 bridgehead atoms. The van der Waals surface area contributed by atoms with Crippen molar-refractivity contribution in [3.63, 3.8) is 0 Å². The van der Waals surface area contributed by atoms with Crippen LogP contribution in [-0.4, -0.2) is 33.4 Å². The Morgan fingerprint density at radius 3 is 2.74 bits per heavy atom. The molecule has 142 valence electrons. The van der Waals surface area contributed by atoms with E-state index in [1.165, 1.54) is 34.4 Å². The number of thioether (sulfide) groups is 1. The summed E-state index contributed by atoms with van der Waals surface area (Å²) in [6, 6.07) is 9.64. The molecule has 9 heteroatoms. The molecule has 0 saturated heterocycles. The number of carbonyl (C=O) groups excluding carboxylic acids is 1. The summed E-state index contributed by atoms with van der Waals surface area (Å²) in [5.74, 6) is 0.764. The van der Waals surface area contributed by atoms with E-state index in [2.05, 4.69) is 39.7 Å². The van der Waals surface area contributed by atoms with E-state index >= 15 is 0 Å². The summed E-state index contributed by atoms with van der Waals surface area (Å²) < 4.78 is 0.780. The number of carbonyl (C=O) groups is 1. The molecule has 2 N–H and O–H groups in total. The van der Waals surface area contributed by atoms with Gasteiger partial charge < -0.3 is 10.6 Å². The lowest BCUT2D eigenvalue weighted by Gasteiger charge is -2.16. The molecule has 0 aliphatic rings. The van der Waals surface area contributed by atoms with Crippen molar-refractivity contribution in [2.24, 2.45) is 5.92 Å². The maximum absolute atomic E-state index is 12.5. The van der Waals surface area contributed by atoms with Gasteiger partial charge in [0.05, 0.1) is 5.75 Å². The highest BCUT2D eigenvalue weighted by atomic mass is 32.2. The maximum atomic E-state index is 12.5. The van der Waals surface area contributed by atoms with Crippen molar-refractivity contribution in [1.82, 2.24) is 20.5 Å². The second kappa shape index (κ2) is 9.82. The van der Waals surface area contributed by atoms with Gasteiger partial charge in [0.2, 0.25) is 11.0 Å². The molecule has 6 nitrogen and oxygen atoms in total. The van der Waals surface area contributed by atoms with Crippen LogP contribution in [0.5, 0.6) is 0 Å². The third kappa shape index (κ3) is 6.02. The third-order valence-electron chi connectivity index (χ3n) is 3.53. The molecule has 1 aromatic carbocycles. The van der Waals surface area contributed by atoms with Crippen LogP contribution in [0.25, 0.3) is 0 Å². The molecule has 3 rings (SSSR count). The monoisotopic (exact) mass is 419 g/mol. The number of aromatic nitrogens is 3. The van der Waals surface area contributed by atoms with Crippen molar-refractivity contribution in [3.05, 3.63) is 52.5 Å². The van der Waals surface area contributed by atoms with E-state index < -0.39 is 0 Å². The highest BCUT2D eigenvalue weighted by molar-refractivity contribution is 8.01. The number of nitrogens with one attached hydrogen (secondary N) is 2. The first-order chi connectivity index (χ1) is 13.1. The molecule has 0 radical (unpaired) electrons. The van der Waals surface area contributed by atoms with Crippen LogP contribution in [0.3, 0.4) is 0 Å². The van der Waals surface area contributed by atoms with Crippen LogP contribution in [0, 0.1) is 5.92 Å². The Kier molecular flexibility index (Phi) is 7.19. The first-order valence-electron chi connectivity index (χ1n) is 8.55. The van der Waals surface area contributed by atoms with Gasteiger partial charge in [-0.2, -0.15) is 0 Å². The lowest BCUT2D eigenvalue weighted by Crippen LogP contribution is -2.30. The molecule has 1 amide bonds. The fourth-order valence-corrected chi connectivity index (χ4v) is 4.55. The zero-order valence-electron chi connectivity index (χ0n) is 15.1. The minimum Gasteiger partial charge on any atom is -0.360 e. The van der Waals surface area contributed by atoms with Crippen LogP contribution in [0.15, 0.2) is 46.2 Å². The van der Waals surface area contributed by atoms with E-state index in [-0.39, 0.29) is 17.7 Å². The van der Waals surface area contributed by atoms with Crippen molar-refractivity contribution in [2.45, 2.75) is 24.2 Å². The Morgan fingerprint density at radius 1 is 1.22 bits per heavy atom. The highest BCUT2D eigenvalue weighted by Gasteiger charge is 2.19. The molecule has 0 aliphatic carbocycles. The van der Waals surface area contributed by atoms with Gasteiger partial charge in [0.1, 0.15) is 11.0 Å². The van der Waals surface area contributed by atoms with Crippen molar-refractivity contribution in [1.29, 1.82) is 0 Å². The Hall–Kier alpha value is -1.97. The third-order valence-corrected chi connectivity index (χ3v) is 6.39. The van der Waals surface area contributed by atoms with Crippen LogP contribution in [-0.2, 0) is 4.79 Å². The minimum absolute atomic E-state index is 0.0593. The first-order valence-corrected chi connectivity index (χ1v) is 11.2. The summed E-state index contributed by atoms with van der Waals surface area (Å²) in [4.78, 5) is 16.9. The number of hydrogen-bond donors (Lipinski definition) is 2. The van der Waals surface area contributed by atoms with Crippen molar-refractivity contribution < 1.29 is 4.79 Å². The van der Waals surface area contributed by atoms with E-state index in [0.29, 0.717) is 5.92 Å². The Labute approximate surface area is 170 Å². The second-order valence-corrected chi connectivity index (χ2v) is 9.34. The van der Waals surface area contributed by atoms with Crippen LogP contribution in [0.1, 0.15) is 30.5 Å². The van der Waals surface area contributed by atoms with Crippen molar-refractivity contribution in [3.8, 4) is 0 Å². The predicted octanol–water partition coefficient (Wildman–Crippen LogP) is 4.06. The molecule has 27 heavy (non-hydrogen) atoms. The average Bonchev–Trinajstić information content (AvgIpc) is 3.35. The molecule has 0 saturated carbocycles. The number of thiazole rings is 1. The minimum atomic E-state index is -0.239. The van der Waals surface area contributed by atoms with Gasteiger partial charge >= 0.3 is 0 Å². The number of rotatable bonds is 9. The predicted molar refractivity (Wildman–Crippen MR) is 113 cm³/mol. The van der Waals surface area contributed by atoms with Gasteiger partial charge in [0.15, 0.2) is 4.34 Å². The van der Waals surface area contributed by atoms with Crippen LogP contribution in [0.4, 0.5) is 5.13 Å². The molecule has 0 aliphatic heterocycles. The number of benzene rings is 1. The van der Waals surface area contributed by atoms with Gasteiger partial charge in [-0.1, -0.05) is 67.3 Å². The number of hydrogen-bond acceptors (Lipinski definition) is 8. The second-order valence-electron chi connectivity index (χ2n) is 6.22. The normalized spacial score (nSPS) is 12.1. The van der Waals surface area contributed by atoms with Gasteiger partial charge in [-0.3, -0.25) is 4.79 Å². The van der Waals surface area contributed by atoms with Gasteiger partial charge in [0, 0.05) is 18.1 Å². The molecule has 1 unspecified atom stereocenters. The summed E-state index contributed by atoms with van der Waals surface area (Å²) in [5.41, 5.74) is 1.02. The van der Waals surface area contributed by atoms with Gasteiger partial charge in [0.25, 0.3) is 0 Å². The highest BCUT2D eigenvalue weighted by Crippen LogP contribution is 2.27. The summed E-state index contributed by atoms with van der Waals surface area (Å²) in [7, 11) is 0. The molecule has 2 heterocycles. The number of amides is 1. The molecular formula is C18H21N5OS3. The quantitative estimate of drug-likeness (QED) is 0.509. The molecule has 1 atom stereocenters. The van der Waals surface area contributed by atoms with Crippen LogP contribution >= 0.6 is 34.4 Å². The first kappa shape index (κ1) is 19.8. The van der Waals surface area contributed by atoms with E-state index in [9.17, 15) is 4.79 Å². The molecular weight excluding hydrogens is 398 g/mol. The Morgan fingerprint density at radius 2 is 2.04 bits per heavy atom. The number of nitrogens with zero attached hydrogens (tertiary/aromatic N) is 3. The molecule has 2 aromatic heterocycles. The maximum Gasteiger partial charge on any atom is 0.231 e. The van der Waals surface area contributed by atoms with Crippen LogP contribution in [0.2, 0.25) is 0 Å². The van der Waals surface area contributed by atoms with Crippen LogP contribution < -0.4 is 10.6 Å². The van der Waals surface area contributed by atoms with Gasteiger partial charge in [-0.15, -0.1) is 21.5 Å². The van der Waals surface area contributed by atoms with Gasteiger partial charge in [-0.25, -0.2) is 4.98 Å². The standard InChI is InChI=1S/C18H21N5OS3/c1-12(2)10-20-17-22-23-18(27-17)26-11-14(24)21-15(16-19-8-9-25-16)13-6-4-3-5-7-13/h3-9,12,15H,10-11H2,1-2H3,(H,20,22)(H,21,24). The van der Waals surface area contributed by atoms with E-state index in [1.807, 2.05) is 35.7 Å². The fraction of sp³-hybridized carbons (Fsp3) is 0.333.